The number of carbonyl (C=O) groups excluding carboxylic acids is 2. The topological polar surface area (TPSA) is 86.7 Å². The number of carboxylic acid groups (broad SMARTS) is 1. The van der Waals surface area contributed by atoms with Crippen LogP contribution in [0.3, 0.4) is 0 Å². The number of likely N-dealkylation sites (tertiary alicyclic amines) is 1. The predicted molar refractivity (Wildman–Crippen MR) is 89.5 cm³/mol. The van der Waals surface area contributed by atoms with Gasteiger partial charge in [0.2, 0.25) is 11.8 Å². The van der Waals surface area contributed by atoms with Gasteiger partial charge in [-0.05, 0) is 43.4 Å². The van der Waals surface area contributed by atoms with Crippen molar-refractivity contribution in [3.05, 3.63) is 34.9 Å². The summed E-state index contributed by atoms with van der Waals surface area (Å²) in [6.45, 7) is 4.20. The zero-order valence-electron chi connectivity index (χ0n) is 14.2. The molecule has 1 aliphatic heterocycles. The van der Waals surface area contributed by atoms with Crippen molar-refractivity contribution >= 4 is 17.8 Å². The van der Waals surface area contributed by atoms with Crippen LogP contribution in [0, 0.1) is 13.8 Å². The number of aryl methyl sites for hydroxylation is 1. The lowest BCUT2D eigenvalue weighted by Gasteiger charge is -2.22. The van der Waals surface area contributed by atoms with E-state index in [0.29, 0.717) is 18.5 Å². The van der Waals surface area contributed by atoms with Gasteiger partial charge in [0.1, 0.15) is 0 Å². The van der Waals surface area contributed by atoms with Crippen LogP contribution in [0.4, 0.5) is 0 Å². The van der Waals surface area contributed by atoms with Crippen molar-refractivity contribution in [3.63, 3.8) is 0 Å². The van der Waals surface area contributed by atoms with Crippen molar-refractivity contribution in [1.82, 2.24) is 10.2 Å². The van der Waals surface area contributed by atoms with Crippen molar-refractivity contribution in [2.24, 2.45) is 0 Å². The van der Waals surface area contributed by atoms with Gasteiger partial charge in [0.05, 0.1) is 6.54 Å². The molecule has 1 unspecified atom stereocenters. The third kappa shape index (κ3) is 4.34. The molecule has 1 saturated heterocycles. The molecule has 2 N–H and O–H groups in total. The van der Waals surface area contributed by atoms with Gasteiger partial charge in [-0.1, -0.05) is 24.6 Å². The van der Waals surface area contributed by atoms with Crippen LogP contribution >= 0.6 is 0 Å². The smallest absolute Gasteiger partial charge is 0.330 e. The van der Waals surface area contributed by atoms with Crippen molar-refractivity contribution in [2.75, 3.05) is 13.1 Å². The predicted octanol–water partition coefficient (Wildman–Crippen LogP) is 1.95. The van der Waals surface area contributed by atoms with Crippen LogP contribution in [-0.2, 0) is 14.4 Å². The molecule has 6 nitrogen and oxygen atoms in total. The fourth-order valence-electron chi connectivity index (χ4n) is 2.94. The van der Waals surface area contributed by atoms with Crippen molar-refractivity contribution < 1.29 is 19.5 Å². The molecule has 0 aromatic heterocycles. The number of nitrogens with zero attached hydrogens (tertiary/aromatic N) is 1. The molecule has 1 aliphatic rings. The lowest BCUT2D eigenvalue weighted by molar-refractivity contribution is -0.142. The van der Waals surface area contributed by atoms with E-state index in [1.54, 1.807) is 12.1 Å². The highest BCUT2D eigenvalue weighted by Gasteiger charge is 2.26. The molecule has 0 bridgehead atoms. The van der Waals surface area contributed by atoms with Gasteiger partial charge in [0.15, 0.2) is 6.04 Å². The number of carboxylic acids is 1. The molecule has 1 aromatic carbocycles. The Morgan fingerprint density at radius 1 is 1.25 bits per heavy atom. The Morgan fingerprint density at radius 3 is 2.71 bits per heavy atom. The molecule has 1 heterocycles. The van der Waals surface area contributed by atoms with E-state index in [9.17, 15) is 19.5 Å². The molecule has 2 amide bonds. The van der Waals surface area contributed by atoms with Crippen LogP contribution < -0.4 is 5.32 Å². The van der Waals surface area contributed by atoms with Crippen molar-refractivity contribution in [1.29, 1.82) is 0 Å². The first-order chi connectivity index (χ1) is 11.4. The van der Waals surface area contributed by atoms with Gasteiger partial charge < -0.3 is 15.3 Å². The van der Waals surface area contributed by atoms with E-state index in [1.807, 2.05) is 19.9 Å². The average molecular weight is 332 g/mol. The lowest BCUT2D eigenvalue weighted by atomic mass is 9.97. The summed E-state index contributed by atoms with van der Waals surface area (Å²) in [6.07, 6.45) is 3.15. The Balaban J connectivity index is 2.10. The largest absolute Gasteiger partial charge is 0.479 e. The number of aliphatic carboxylic acids is 1. The molecular formula is C18H24N2O4. The number of carbonyl (C=O) groups is 3. The van der Waals surface area contributed by atoms with Gasteiger partial charge in [-0.15, -0.1) is 0 Å². The minimum Gasteiger partial charge on any atom is -0.479 e. The van der Waals surface area contributed by atoms with E-state index < -0.39 is 17.9 Å². The quantitative estimate of drug-likeness (QED) is 0.863. The minimum absolute atomic E-state index is 0.0405. The summed E-state index contributed by atoms with van der Waals surface area (Å²) in [5.41, 5.74) is 2.38. The number of nitrogens with one attached hydrogen (secondary N) is 1. The Kier molecular flexibility index (Phi) is 5.95. The molecule has 24 heavy (non-hydrogen) atoms. The highest BCUT2D eigenvalue weighted by Crippen LogP contribution is 2.21. The summed E-state index contributed by atoms with van der Waals surface area (Å²) < 4.78 is 0. The third-order valence-electron chi connectivity index (χ3n) is 4.52. The van der Waals surface area contributed by atoms with E-state index in [-0.39, 0.29) is 12.5 Å². The summed E-state index contributed by atoms with van der Waals surface area (Å²) in [5, 5.41) is 12.1. The van der Waals surface area contributed by atoms with Crippen molar-refractivity contribution in [3.8, 4) is 0 Å². The van der Waals surface area contributed by atoms with Crippen LogP contribution in [0.25, 0.3) is 0 Å². The van der Waals surface area contributed by atoms with Gasteiger partial charge in [-0.2, -0.15) is 0 Å². The van der Waals surface area contributed by atoms with E-state index in [4.69, 9.17) is 0 Å². The van der Waals surface area contributed by atoms with Crippen LogP contribution in [0.5, 0.6) is 0 Å². The first-order valence-corrected chi connectivity index (χ1v) is 8.26. The van der Waals surface area contributed by atoms with Crippen LogP contribution in [0.2, 0.25) is 0 Å². The highest BCUT2D eigenvalue weighted by molar-refractivity contribution is 5.88. The Morgan fingerprint density at radius 2 is 2.00 bits per heavy atom. The summed E-state index contributed by atoms with van der Waals surface area (Å²) in [4.78, 5) is 37.4. The second-order valence-electron chi connectivity index (χ2n) is 6.25. The first kappa shape index (κ1) is 18.0. The normalized spacial score (nSPS) is 16.4. The number of hydrogen-bond donors (Lipinski definition) is 2. The van der Waals surface area contributed by atoms with Gasteiger partial charge in [-0.3, -0.25) is 9.59 Å². The molecule has 0 saturated carbocycles. The fraction of sp³-hybridized carbons (Fsp3) is 0.500. The number of benzene rings is 1. The molecule has 6 heteroatoms. The van der Waals surface area contributed by atoms with Gasteiger partial charge in [-0.25, -0.2) is 4.79 Å². The maximum Gasteiger partial charge on any atom is 0.330 e. The van der Waals surface area contributed by atoms with E-state index in [2.05, 4.69) is 5.32 Å². The third-order valence-corrected chi connectivity index (χ3v) is 4.52. The molecule has 0 spiro atoms. The maximum absolute atomic E-state index is 12.3. The number of rotatable bonds is 5. The zero-order chi connectivity index (χ0) is 17.7. The Bertz CT molecular complexity index is 642. The van der Waals surface area contributed by atoms with Gasteiger partial charge in [0.25, 0.3) is 0 Å². The summed E-state index contributed by atoms with van der Waals surface area (Å²) in [7, 11) is 0. The lowest BCUT2D eigenvalue weighted by Crippen LogP contribution is -2.43. The number of amides is 2. The minimum atomic E-state index is -1.11. The molecule has 1 fully saturated rings. The second kappa shape index (κ2) is 7.95. The molecule has 1 aromatic rings. The summed E-state index contributed by atoms with van der Waals surface area (Å²) >= 11 is 0. The zero-order valence-corrected chi connectivity index (χ0v) is 14.2. The summed E-state index contributed by atoms with van der Waals surface area (Å²) in [6, 6.07) is 4.27. The van der Waals surface area contributed by atoms with Crippen LogP contribution in [0.15, 0.2) is 18.2 Å². The molecule has 0 radical (unpaired) electrons. The standard InChI is InChI=1S/C18H24N2O4/c1-12-7-6-8-14(13(12)2)17(18(23)24)19-15(21)11-20-10-5-3-4-9-16(20)22/h6-8,17H,3-5,9-11H2,1-2H3,(H,19,21)(H,23,24). The Labute approximate surface area is 141 Å². The monoisotopic (exact) mass is 332 g/mol. The maximum atomic E-state index is 12.3. The molecule has 1 atom stereocenters. The average Bonchev–Trinajstić information content (AvgIpc) is 2.73. The van der Waals surface area contributed by atoms with Gasteiger partial charge >= 0.3 is 5.97 Å². The first-order valence-electron chi connectivity index (χ1n) is 8.26. The summed E-state index contributed by atoms with van der Waals surface area (Å²) in [5.74, 6) is -1.60. The van der Waals surface area contributed by atoms with Crippen LogP contribution in [0.1, 0.15) is 48.4 Å². The fourth-order valence-corrected chi connectivity index (χ4v) is 2.94. The number of hydrogen-bond acceptors (Lipinski definition) is 3. The van der Waals surface area contributed by atoms with Crippen LogP contribution in [-0.4, -0.2) is 40.9 Å². The highest BCUT2D eigenvalue weighted by atomic mass is 16.4. The molecule has 2 rings (SSSR count). The molecule has 130 valence electrons. The van der Waals surface area contributed by atoms with Gasteiger partial charge in [0, 0.05) is 13.0 Å². The molecular weight excluding hydrogens is 308 g/mol. The molecule has 0 aliphatic carbocycles. The van der Waals surface area contributed by atoms with Crippen molar-refractivity contribution in [2.45, 2.75) is 45.6 Å². The van der Waals surface area contributed by atoms with E-state index in [1.165, 1.54) is 4.90 Å². The second-order valence-corrected chi connectivity index (χ2v) is 6.25. The van der Waals surface area contributed by atoms with E-state index >= 15 is 0 Å². The Hall–Kier alpha value is -2.37. The van der Waals surface area contributed by atoms with E-state index in [0.717, 1.165) is 30.4 Å². The SMILES string of the molecule is Cc1cccc(C(NC(=O)CN2CCCCCC2=O)C(=O)O)c1C.